The second-order valence-electron chi connectivity index (χ2n) is 6.71. The number of hydrogen-bond acceptors (Lipinski definition) is 5. The number of hydrogen-bond donors (Lipinski definition) is 0. The zero-order chi connectivity index (χ0) is 19.8. The first-order chi connectivity index (χ1) is 14.2. The summed E-state index contributed by atoms with van der Waals surface area (Å²) in [4.78, 5) is 23.1. The molecule has 0 radical (unpaired) electrons. The summed E-state index contributed by atoms with van der Waals surface area (Å²) in [6.07, 6.45) is 3.44. The number of Topliss-reactive ketones (excluding diaryl/α,β-unsaturated/α-hetero) is 1. The molecular weight excluding hydrogens is 380 g/mol. The van der Waals surface area contributed by atoms with Gasteiger partial charge in [0.15, 0.2) is 5.78 Å². The summed E-state index contributed by atoms with van der Waals surface area (Å²) in [7, 11) is 0. The summed E-state index contributed by atoms with van der Waals surface area (Å²) < 4.78 is 5.95. The van der Waals surface area contributed by atoms with Crippen molar-refractivity contribution in [2.75, 3.05) is 0 Å². The molecule has 1 aliphatic rings. The molecule has 0 aliphatic heterocycles. The number of para-hydroxylation sites is 1. The lowest BCUT2D eigenvalue weighted by molar-refractivity contribution is 0.105. The van der Waals surface area contributed by atoms with Gasteiger partial charge in [0.2, 0.25) is 0 Å². The van der Waals surface area contributed by atoms with Crippen LogP contribution in [0.4, 0.5) is 0 Å². The number of aryl methyl sites for hydroxylation is 1. The van der Waals surface area contributed by atoms with Gasteiger partial charge in [-0.05, 0) is 48.9 Å². The van der Waals surface area contributed by atoms with Crippen molar-refractivity contribution in [1.29, 1.82) is 0 Å². The van der Waals surface area contributed by atoms with Crippen LogP contribution in [0.25, 0.3) is 11.1 Å². The largest absolute Gasteiger partial charge is 0.457 e. The van der Waals surface area contributed by atoms with Crippen molar-refractivity contribution >= 4 is 28.3 Å². The highest BCUT2D eigenvalue weighted by atomic mass is 32.1. The molecule has 5 rings (SSSR count). The van der Waals surface area contributed by atoms with Crippen LogP contribution in [-0.4, -0.2) is 15.8 Å². The van der Waals surface area contributed by atoms with Gasteiger partial charge in [0.25, 0.3) is 0 Å². The first-order valence-corrected chi connectivity index (χ1v) is 10.1. The molecule has 4 aromatic rings. The Morgan fingerprint density at radius 3 is 2.48 bits per heavy atom. The van der Waals surface area contributed by atoms with Gasteiger partial charge in [-0.3, -0.25) is 9.78 Å². The van der Waals surface area contributed by atoms with Crippen molar-refractivity contribution in [2.24, 2.45) is 0 Å². The van der Waals surface area contributed by atoms with Crippen molar-refractivity contribution in [3.8, 4) is 11.5 Å². The fourth-order valence-electron chi connectivity index (χ4n) is 3.56. The molecule has 0 amide bonds. The van der Waals surface area contributed by atoms with Gasteiger partial charge in [-0.15, -0.1) is 11.3 Å². The number of carbonyl (C=O) groups is 1. The van der Waals surface area contributed by atoms with Gasteiger partial charge in [-0.1, -0.05) is 24.3 Å². The highest BCUT2D eigenvalue weighted by molar-refractivity contribution is 7.11. The number of benzene rings is 2. The summed E-state index contributed by atoms with van der Waals surface area (Å²) in [5, 5.41) is 0. The third-order valence-corrected chi connectivity index (χ3v) is 5.83. The number of rotatable bonds is 4. The highest BCUT2D eigenvalue weighted by Gasteiger charge is 2.33. The third kappa shape index (κ3) is 3.05. The second kappa shape index (κ2) is 7.11. The molecule has 0 saturated heterocycles. The Morgan fingerprint density at radius 1 is 0.897 bits per heavy atom. The second-order valence-corrected chi connectivity index (χ2v) is 7.56. The minimum Gasteiger partial charge on any atom is -0.457 e. The Hall–Kier alpha value is -3.57. The number of allylic oxidation sites excluding steroid dienone is 1. The van der Waals surface area contributed by atoms with Gasteiger partial charge in [-0.2, -0.15) is 0 Å². The molecule has 140 valence electrons. The molecule has 0 fully saturated rings. The number of thiazole rings is 1. The number of ether oxygens (including phenoxy) is 1. The zero-order valence-electron chi connectivity index (χ0n) is 15.6. The van der Waals surface area contributed by atoms with Crippen LogP contribution < -0.4 is 4.74 Å². The van der Waals surface area contributed by atoms with Crippen LogP contribution in [0.15, 0.2) is 78.6 Å². The van der Waals surface area contributed by atoms with Crippen LogP contribution in [0.3, 0.4) is 0 Å². The van der Waals surface area contributed by atoms with Crippen LogP contribution >= 0.6 is 11.3 Å². The van der Waals surface area contributed by atoms with Crippen LogP contribution in [-0.2, 0) is 0 Å². The summed E-state index contributed by atoms with van der Waals surface area (Å²) in [5.41, 5.74) is 6.66. The maximum atomic E-state index is 13.5. The molecule has 0 spiro atoms. The molecule has 0 unspecified atom stereocenters. The number of carbonyl (C=O) groups excluding carboxylic acids is 1. The predicted molar refractivity (Wildman–Crippen MR) is 114 cm³/mol. The lowest BCUT2D eigenvalue weighted by Gasteiger charge is -2.09. The Labute approximate surface area is 172 Å². The molecule has 2 aromatic heterocycles. The molecule has 2 aromatic carbocycles. The average Bonchev–Trinajstić information content (AvgIpc) is 3.30. The van der Waals surface area contributed by atoms with E-state index in [1.54, 1.807) is 23.7 Å². The summed E-state index contributed by atoms with van der Waals surface area (Å²) in [6.45, 7) is 1.97. The Morgan fingerprint density at radius 2 is 1.76 bits per heavy atom. The maximum Gasteiger partial charge on any atom is 0.195 e. The number of nitrogens with zero attached hydrogens (tertiary/aromatic N) is 2. The topological polar surface area (TPSA) is 52.1 Å². The molecule has 5 heteroatoms. The SMILES string of the molecule is Cc1ncsc1C1=C(c2cccnc2)C(=O)c2cc(Oc3ccccc3)ccc21. The standard InChI is InChI=1S/C24H16N2O2S/c1-15-24(29-14-26-15)22-19-10-9-18(28-17-7-3-2-4-8-17)12-20(19)23(27)21(22)16-6-5-11-25-13-16/h2-14H,1H3. The molecular formula is C24H16N2O2S. The highest BCUT2D eigenvalue weighted by Crippen LogP contribution is 2.45. The smallest absolute Gasteiger partial charge is 0.195 e. The Kier molecular flexibility index (Phi) is 4.30. The summed E-state index contributed by atoms with van der Waals surface area (Å²) >= 11 is 1.54. The van der Waals surface area contributed by atoms with E-state index in [0.29, 0.717) is 16.9 Å². The summed E-state index contributed by atoms with van der Waals surface area (Å²) in [5.74, 6) is 1.35. The van der Waals surface area contributed by atoms with Crippen molar-refractivity contribution in [3.05, 3.63) is 106 Å². The van der Waals surface area contributed by atoms with Crippen LogP contribution in [0, 0.1) is 6.92 Å². The van der Waals surface area contributed by atoms with Gasteiger partial charge in [0, 0.05) is 34.7 Å². The van der Waals surface area contributed by atoms with Crippen molar-refractivity contribution < 1.29 is 9.53 Å². The molecule has 0 bridgehead atoms. The van der Waals surface area contributed by atoms with Crippen LogP contribution in [0.2, 0.25) is 0 Å². The van der Waals surface area contributed by atoms with Gasteiger partial charge in [0.1, 0.15) is 11.5 Å². The molecule has 2 heterocycles. The van der Waals surface area contributed by atoms with Gasteiger partial charge >= 0.3 is 0 Å². The minimum atomic E-state index is -0.0192. The van der Waals surface area contributed by atoms with Crippen molar-refractivity contribution in [2.45, 2.75) is 6.92 Å². The first-order valence-electron chi connectivity index (χ1n) is 9.19. The van der Waals surface area contributed by atoms with E-state index in [9.17, 15) is 4.79 Å². The number of aromatic nitrogens is 2. The molecule has 0 N–H and O–H groups in total. The van der Waals surface area contributed by atoms with E-state index in [2.05, 4.69) is 9.97 Å². The molecule has 0 atom stereocenters. The molecule has 4 nitrogen and oxygen atoms in total. The lowest BCUT2D eigenvalue weighted by Crippen LogP contribution is -1.99. The first kappa shape index (κ1) is 17.5. The Balaban J connectivity index is 1.65. The van der Waals surface area contributed by atoms with Crippen LogP contribution in [0.1, 0.15) is 32.1 Å². The van der Waals surface area contributed by atoms with Gasteiger partial charge in [0.05, 0.1) is 16.1 Å². The van der Waals surface area contributed by atoms with Crippen molar-refractivity contribution in [3.63, 3.8) is 0 Å². The fraction of sp³-hybridized carbons (Fsp3) is 0.0417. The van der Waals surface area contributed by atoms with E-state index in [1.807, 2.05) is 73.1 Å². The van der Waals surface area contributed by atoms with E-state index in [-0.39, 0.29) is 5.78 Å². The minimum absolute atomic E-state index is 0.0192. The van der Waals surface area contributed by atoms with E-state index < -0.39 is 0 Å². The maximum absolute atomic E-state index is 13.5. The normalized spacial score (nSPS) is 12.9. The molecule has 0 saturated carbocycles. The van der Waals surface area contributed by atoms with Gasteiger partial charge in [-0.25, -0.2) is 4.98 Å². The molecule has 29 heavy (non-hydrogen) atoms. The van der Waals surface area contributed by atoms with Crippen molar-refractivity contribution in [1.82, 2.24) is 9.97 Å². The van der Waals surface area contributed by atoms with E-state index in [0.717, 1.165) is 33.0 Å². The summed E-state index contributed by atoms with van der Waals surface area (Å²) in [6, 6.07) is 19.0. The Bertz CT molecular complexity index is 1240. The number of fused-ring (bicyclic) bond motifs is 1. The monoisotopic (exact) mass is 396 g/mol. The fourth-order valence-corrected chi connectivity index (χ4v) is 4.43. The molecule has 1 aliphatic carbocycles. The van der Waals surface area contributed by atoms with Crippen LogP contribution in [0.5, 0.6) is 11.5 Å². The van der Waals surface area contributed by atoms with E-state index >= 15 is 0 Å². The van der Waals surface area contributed by atoms with E-state index in [1.165, 1.54) is 0 Å². The van der Waals surface area contributed by atoms with E-state index in [4.69, 9.17) is 4.74 Å². The average molecular weight is 396 g/mol. The lowest BCUT2D eigenvalue weighted by atomic mass is 9.99. The number of ketones is 1. The number of pyridine rings is 1. The van der Waals surface area contributed by atoms with Gasteiger partial charge < -0.3 is 4.74 Å². The third-order valence-electron chi connectivity index (χ3n) is 4.88. The predicted octanol–water partition coefficient (Wildman–Crippen LogP) is 5.79. The quantitative estimate of drug-likeness (QED) is 0.438. The zero-order valence-corrected chi connectivity index (χ0v) is 16.4.